The molecule has 0 aliphatic heterocycles. The Kier molecular flexibility index (Phi) is 11.5. The molecule has 0 aliphatic carbocycles. The van der Waals surface area contributed by atoms with Crippen molar-refractivity contribution in [1.82, 2.24) is 10.2 Å². The largest absolute Gasteiger partial charge is 0.508 e. The molecule has 0 heterocycles. The van der Waals surface area contributed by atoms with Gasteiger partial charge in [0.05, 0.1) is 0 Å². The second-order valence-corrected chi connectivity index (χ2v) is 12.6. The lowest BCUT2D eigenvalue weighted by atomic mass is 9.91. The topological polar surface area (TPSA) is 108 Å². The molecular weight excluding hydrogens is 526 g/mol. The summed E-state index contributed by atoms with van der Waals surface area (Å²) in [5.74, 6) is -0.399. The van der Waals surface area contributed by atoms with Crippen molar-refractivity contribution in [3.8, 4) is 5.75 Å². The molecule has 2 rings (SSSR count). The lowest BCUT2D eigenvalue weighted by Crippen LogP contribution is -2.59. The van der Waals surface area contributed by atoms with E-state index < -0.39 is 41.1 Å². The second-order valence-electron chi connectivity index (χ2n) is 11.6. The summed E-state index contributed by atoms with van der Waals surface area (Å²) < 4.78 is 5.46. The molecule has 220 valence electrons. The predicted molar refractivity (Wildman–Crippen MR) is 163 cm³/mol. The molecule has 2 unspecified atom stereocenters. The minimum atomic E-state index is -1.18. The molecule has 0 bridgehead atoms. The molecule has 0 spiro atoms. The smallest absolute Gasteiger partial charge is 0.408 e. The van der Waals surface area contributed by atoms with E-state index in [4.69, 9.17) is 4.74 Å². The quantitative estimate of drug-likeness (QED) is 0.290. The molecule has 9 heteroatoms. The minimum absolute atomic E-state index is 0.102. The Morgan fingerprint density at radius 1 is 1.00 bits per heavy atom. The van der Waals surface area contributed by atoms with Gasteiger partial charge >= 0.3 is 6.09 Å². The highest BCUT2D eigenvalue weighted by atomic mass is 32.2. The number of hydrogen-bond donors (Lipinski definition) is 3. The van der Waals surface area contributed by atoms with E-state index in [-0.39, 0.29) is 5.75 Å². The third kappa shape index (κ3) is 8.65. The van der Waals surface area contributed by atoms with E-state index >= 15 is 0 Å². The van der Waals surface area contributed by atoms with Crippen LogP contribution in [0.2, 0.25) is 0 Å². The van der Waals surface area contributed by atoms with Crippen LogP contribution in [-0.4, -0.2) is 57.1 Å². The lowest BCUT2D eigenvalue weighted by molar-refractivity contribution is -0.147. The zero-order chi connectivity index (χ0) is 30.3. The van der Waals surface area contributed by atoms with Gasteiger partial charge in [0.25, 0.3) is 5.91 Å². The number of para-hydroxylation sites is 2. The molecule has 0 aromatic heterocycles. The maximum absolute atomic E-state index is 14.5. The summed E-state index contributed by atoms with van der Waals surface area (Å²) in [6.45, 7) is 14.8. The normalized spacial score (nSPS) is 13.2. The number of thioether (sulfide) groups is 1. The first-order valence-corrected chi connectivity index (χ1v) is 15.0. The number of ether oxygens (including phenoxy) is 1. The number of nitrogens with zero attached hydrogens (tertiary/aromatic N) is 1. The minimum Gasteiger partial charge on any atom is -0.508 e. The highest BCUT2D eigenvalue weighted by molar-refractivity contribution is 7.98. The Hall–Kier alpha value is -3.20. The first-order chi connectivity index (χ1) is 18.6. The van der Waals surface area contributed by atoms with Gasteiger partial charge in [-0.1, -0.05) is 43.3 Å². The molecule has 3 amide bonds. The summed E-state index contributed by atoms with van der Waals surface area (Å²) in [4.78, 5) is 42.9. The molecule has 2 aromatic carbocycles. The number of phenols is 1. The van der Waals surface area contributed by atoms with Gasteiger partial charge in [0.15, 0.2) is 0 Å². The van der Waals surface area contributed by atoms with Crippen LogP contribution in [0.15, 0.2) is 42.5 Å². The van der Waals surface area contributed by atoms with E-state index in [0.717, 1.165) is 11.1 Å². The third-order valence-corrected chi connectivity index (χ3v) is 7.47. The van der Waals surface area contributed by atoms with Gasteiger partial charge in [-0.3, -0.25) is 9.59 Å². The molecule has 3 N–H and O–H groups in total. The number of alkyl carbamates (subject to hydrolysis) is 1. The molecule has 0 fully saturated rings. The average molecular weight is 572 g/mol. The molecule has 0 aliphatic rings. The Bertz CT molecular complexity index is 1170. The van der Waals surface area contributed by atoms with Gasteiger partial charge in [0, 0.05) is 16.8 Å². The van der Waals surface area contributed by atoms with Crippen LogP contribution >= 0.6 is 11.8 Å². The average Bonchev–Trinajstić information content (AvgIpc) is 2.86. The van der Waals surface area contributed by atoms with E-state index in [1.807, 2.05) is 59.1 Å². The number of amides is 3. The summed E-state index contributed by atoms with van der Waals surface area (Å²) in [5, 5.41) is 16.7. The van der Waals surface area contributed by atoms with E-state index in [1.54, 1.807) is 50.7 Å². The summed E-state index contributed by atoms with van der Waals surface area (Å²) >= 11 is 1.55. The van der Waals surface area contributed by atoms with E-state index in [2.05, 4.69) is 10.6 Å². The number of carbonyl (C=O) groups is 3. The van der Waals surface area contributed by atoms with Crippen LogP contribution in [0, 0.1) is 13.8 Å². The maximum Gasteiger partial charge on any atom is 0.408 e. The summed E-state index contributed by atoms with van der Waals surface area (Å²) in [5.41, 5.74) is 1.13. The van der Waals surface area contributed by atoms with Crippen LogP contribution in [0.1, 0.15) is 77.1 Å². The van der Waals surface area contributed by atoms with Crippen molar-refractivity contribution >= 4 is 35.4 Å². The SMILES string of the molecule is CCC(C)(C)N(C(=O)C(CCSC)NC(=O)OC(C)(C)C)C(C(=O)Nc1c(C)cccc1C)c1ccccc1O. The predicted octanol–water partition coefficient (Wildman–Crippen LogP) is 6.35. The van der Waals surface area contributed by atoms with Crippen molar-refractivity contribution < 1.29 is 24.2 Å². The summed E-state index contributed by atoms with van der Waals surface area (Å²) in [6, 6.07) is 10.1. The van der Waals surface area contributed by atoms with Crippen LogP contribution in [0.4, 0.5) is 10.5 Å². The fraction of sp³-hybridized carbons (Fsp3) is 0.516. The standard InChI is InChI=1S/C31H45N3O5S/c1-10-31(7,8)34(28(37)23(18-19-40-9)32-29(38)39-30(4,5)6)26(22-16-11-12-17-24(22)35)27(36)33-25-20(2)14-13-15-21(25)3/h11-17,23,26,35H,10,18-19H2,1-9H3,(H,32,38)(H,33,36). The van der Waals surface area contributed by atoms with Gasteiger partial charge in [-0.25, -0.2) is 4.79 Å². The van der Waals surface area contributed by atoms with Gasteiger partial charge in [0.1, 0.15) is 23.4 Å². The van der Waals surface area contributed by atoms with Gasteiger partial charge in [-0.15, -0.1) is 0 Å². The molecule has 2 aromatic rings. The van der Waals surface area contributed by atoms with Crippen molar-refractivity contribution in [1.29, 1.82) is 0 Å². The summed E-state index contributed by atoms with van der Waals surface area (Å²) in [6.07, 6.45) is 2.06. The molecule has 0 radical (unpaired) electrons. The number of benzene rings is 2. The number of aryl methyl sites for hydroxylation is 2. The lowest BCUT2D eigenvalue weighted by Gasteiger charge is -2.44. The zero-order valence-corrected chi connectivity index (χ0v) is 26.1. The Labute approximate surface area is 243 Å². The monoisotopic (exact) mass is 571 g/mol. The van der Waals surface area contributed by atoms with Crippen molar-refractivity contribution in [3.63, 3.8) is 0 Å². The molecule has 8 nitrogen and oxygen atoms in total. The van der Waals surface area contributed by atoms with Crippen molar-refractivity contribution in [2.45, 2.75) is 91.5 Å². The second kappa shape index (κ2) is 13.9. The van der Waals surface area contributed by atoms with E-state index in [9.17, 15) is 19.5 Å². The Balaban J connectivity index is 2.68. The Morgan fingerprint density at radius 3 is 2.12 bits per heavy atom. The number of aromatic hydroxyl groups is 1. The van der Waals surface area contributed by atoms with Crippen LogP contribution in [0.5, 0.6) is 5.75 Å². The van der Waals surface area contributed by atoms with Gasteiger partial charge < -0.3 is 25.4 Å². The number of carbonyl (C=O) groups excluding carboxylic acids is 3. The van der Waals surface area contributed by atoms with Gasteiger partial charge in [-0.2, -0.15) is 11.8 Å². The first-order valence-electron chi connectivity index (χ1n) is 13.6. The summed E-state index contributed by atoms with van der Waals surface area (Å²) in [7, 11) is 0. The molecule has 2 atom stereocenters. The van der Waals surface area contributed by atoms with E-state index in [1.165, 1.54) is 11.0 Å². The third-order valence-electron chi connectivity index (χ3n) is 6.82. The number of nitrogens with one attached hydrogen (secondary N) is 2. The first kappa shape index (κ1) is 33.0. The fourth-order valence-electron chi connectivity index (χ4n) is 4.38. The van der Waals surface area contributed by atoms with Crippen LogP contribution in [0.25, 0.3) is 0 Å². The number of phenolic OH excluding ortho intramolecular Hbond substituents is 1. The highest BCUT2D eigenvalue weighted by Gasteiger charge is 2.44. The van der Waals surface area contributed by atoms with Crippen LogP contribution in [-0.2, 0) is 14.3 Å². The van der Waals surface area contributed by atoms with Gasteiger partial charge in [-0.05, 0) is 90.5 Å². The molecular formula is C31H45N3O5S. The van der Waals surface area contributed by atoms with Crippen molar-refractivity contribution in [2.75, 3.05) is 17.3 Å². The van der Waals surface area contributed by atoms with Crippen molar-refractivity contribution in [2.24, 2.45) is 0 Å². The number of hydrogen-bond acceptors (Lipinski definition) is 6. The maximum atomic E-state index is 14.5. The van der Waals surface area contributed by atoms with Crippen LogP contribution in [0.3, 0.4) is 0 Å². The zero-order valence-electron chi connectivity index (χ0n) is 25.3. The highest BCUT2D eigenvalue weighted by Crippen LogP contribution is 2.37. The molecule has 0 saturated heterocycles. The van der Waals surface area contributed by atoms with Crippen molar-refractivity contribution in [3.05, 3.63) is 59.2 Å². The van der Waals surface area contributed by atoms with Gasteiger partial charge in [0.2, 0.25) is 5.91 Å². The fourth-order valence-corrected chi connectivity index (χ4v) is 4.85. The molecule has 40 heavy (non-hydrogen) atoms. The Morgan fingerprint density at radius 2 is 1.60 bits per heavy atom. The molecule has 0 saturated carbocycles. The van der Waals surface area contributed by atoms with E-state index in [0.29, 0.717) is 29.8 Å². The number of anilines is 1. The number of rotatable bonds is 11. The van der Waals surface area contributed by atoms with Crippen LogP contribution < -0.4 is 10.6 Å².